The number of thioether (sulfide) groups is 1. The molecule has 0 spiro atoms. The lowest BCUT2D eigenvalue weighted by Gasteiger charge is -2.04. The molecule has 4 rings (SSSR count). The van der Waals surface area contributed by atoms with E-state index in [9.17, 15) is 0 Å². The summed E-state index contributed by atoms with van der Waals surface area (Å²) in [5.74, 6) is 1.06. The number of aromatic nitrogens is 4. The molecule has 7 heteroatoms. The van der Waals surface area contributed by atoms with Gasteiger partial charge < -0.3 is 4.98 Å². The van der Waals surface area contributed by atoms with Crippen LogP contribution in [-0.4, -0.2) is 25.5 Å². The van der Waals surface area contributed by atoms with Gasteiger partial charge in [0.05, 0.1) is 17.1 Å². The fourth-order valence-electron chi connectivity index (χ4n) is 3.65. The van der Waals surface area contributed by atoms with Crippen LogP contribution in [0.2, 0.25) is 0 Å². The van der Waals surface area contributed by atoms with Gasteiger partial charge in [-0.2, -0.15) is 5.10 Å². The van der Waals surface area contributed by atoms with Gasteiger partial charge in [0.2, 0.25) is 0 Å². The Labute approximate surface area is 207 Å². The molecule has 0 saturated carbocycles. The van der Waals surface area contributed by atoms with Crippen LogP contribution in [0.15, 0.2) is 71.9 Å². The van der Waals surface area contributed by atoms with Crippen molar-refractivity contribution < 1.29 is 0 Å². The number of nitrogens with zero attached hydrogens (tertiary/aromatic N) is 3. The van der Waals surface area contributed by atoms with Gasteiger partial charge in [-0.15, -0.1) is 24.8 Å². The number of rotatable bonds is 9. The van der Waals surface area contributed by atoms with Gasteiger partial charge in [-0.25, -0.2) is 4.98 Å². The summed E-state index contributed by atoms with van der Waals surface area (Å²) in [7, 11) is 0. The molecule has 4 aromatic rings. The lowest BCUT2D eigenvalue weighted by molar-refractivity contribution is 0.541. The van der Waals surface area contributed by atoms with E-state index in [4.69, 9.17) is 4.98 Å². The van der Waals surface area contributed by atoms with Crippen molar-refractivity contribution in [3.63, 3.8) is 0 Å². The summed E-state index contributed by atoms with van der Waals surface area (Å²) in [4.78, 5) is 8.49. The van der Waals surface area contributed by atoms with E-state index in [-0.39, 0.29) is 24.8 Å². The molecule has 0 saturated heterocycles. The standard InChI is InChI=1S/C25H28N4S.2ClH/c1-19-18-20(2)29(28-19)16-10-5-11-17-30-25-26-23(21-12-6-3-7-13-21)24(27-25)22-14-8-4-9-15-22;;/h3-4,6-9,12-15,18H,5,10-11,16-17H2,1-2H3,(H,26,27);2*1H. The van der Waals surface area contributed by atoms with Crippen molar-refractivity contribution in [3.8, 4) is 22.5 Å². The maximum absolute atomic E-state index is 4.93. The summed E-state index contributed by atoms with van der Waals surface area (Å²) in [5, 5.41) is 5.53. The van der Waals surface area contributed by atoms with E-state index in [1.165, 1.54) is 24.1 Å². The molecule has 0 atom stereocenters. The van der Waals surface area contributed by atoms with Crippen LogP contribution in [0, 0.1) is 13.8 Å². The van der Waals surface area contributed by atoms with Crippen LogP contribution in [0.1, 0.15) is 30.7 Å². The molecule has 4 nitrogen and oxygen atoms in total. The first-order chi connectivity index (χ1) is 14.7. The van der Waals surface area contributed by atoms with Gasteiger partial charge >= 0.3 is 0 Å². The number of aromatic amines is 1. The molecule has 1 N–H and O–H groups in total. The minimum Gasteiger partial charge on any atom is -0.332 e. The predicted octanol–water partition coefficient (Wildman–Crippen LogP) is 7.36. The van der Waals surface area contributed by atoms with E-state index in [0.29, 0.717) is 0 Å². The number of H-pyrrole nitrogens is 1. The monoisotopic (exact) mass is 488 g/mol. The Hall–Kier alpha value is -2.21. The zero-order valence-electron chi connectivity index (χ0n) is 18.5. The van der Waals surface area contributed by atoms with Crippen molar-refractivity contribution in [3.05, 3.63) is 78.1 Å². The SMILES string of the molecule is Cc1cc(C)n(CCCCCSc2nc(-c3ccccc3)c(-c3ccccc3)[nH]2)n1.Cl.Cl. The highest BCUT2D eigenvalue weighted by Crippen LogP contribution is 2.32. The molecule has 0 aliphatic carbocycles. The Kier molecular flexibility index (Phi) is 10.4. The number of hydrogen-bond donors (Lipinski definition) is 1. The number of hydrogen-bond acceptors (Lipinski definition) is 3. The molecule has 2 aromatic carbocycles. The van der Waals surface area contributed by atoms with Crippen molar-refractivity contribution in [1.29, 1.82) is 0 Å². The van der Waals surface area contributed by atoms with Crippen LogP contribution in [-0.2, 0) is 6.54 Å². The molecule has 0 aliphatic rings. The largest absolute Gasteiger partial charge is 0.332 e. The van der Waals surface area contributed by atoms with Gasteiger partial charge in [0.25, 0.3) is 0 Å². The summed E-state index contributed by atoms with van der Waals surface area (Å²) < 4.78 is 2.12. The summed E-state index contributed by atoms with van der Waals surface area (Å²) in [5.41, 5.74) is 6.77. The summed E-state index contributed by atoms with van der Waals surface area (Å²) in [6.45, 7) is 5.18. The normalized spacial score (nSPS) is 10.4. The molecular weight excluding hydrogens is 459 g/mol. The average Bonchev–Trinajstić information content (AvgIpc) is 3.34. The van der Waals surface area contributed by atoms with E-state index in [0.717, 1.165) is 46.5 Å². The lowest BCUT2D eigenvalue weighted by atomic mass is 10.1. The molecule has 0 fully saturated rings. The first-order valence-corrected chi connectivity index (χ1v) is 11.5. The maximum atomic E-state index is 4.93. The van der Waals surface area contributed by atoms with E-state index in [1.807, 2.05) is 23.9 Å². The first-order valence-electron chi connectivity index (χ1n) is 10.6. The van der Waals surface area contributed by atoms with Gasteiger partial charge in [-0.1, -0.05) is 78.8 Å². The van der Waals surface area contributed by atoms with Gasteiger partial charge in [0.15, 0.2) is 5.16 Å². The van der Waals surface area contributed by atoms with Crippen LogP contribution in [0.5, 0.6) is 0 Å². The number of halogens is 2. The molecule has 170 valence electrons. The Morgan fingerprint density at radius 1 is 0.844 bits per heavy atom. The smallest absolute Gasteiger partial charge is 0.166 e. The average molecular weight is 490 g/mol. The van der Waals surface area contributed by atoms with Gasteiger partial charge in [-0.3, -0.25) is 4.68 Å². The zero-order valence-corrected chi connectivity index (χ0v) is 20.9. The molecule has 32 heavy (non-hydrogen) atoms. The first kappa shape index (κ1) is 26.0. The minimum atomic E-state index is 0. The van der Waals surface area contributed by atoms with Crippen molar-refractivity contribution in [1.82, 2.24) is 19.7 Å². The minimum absolute atomic E-state index is 0. The van der Waals surface area contributed by atoms with Crippen molar-refractivity contribution in [2.24, 2.45) is 0 Å². The summed E-state index contributed by atoms with van der Waals surface area (Å²) in [6.07, 6.45) is 3.53. The molecule has 0 radical (unpaired) electrons. The zero-order chi connectivity index (χ0) is 20.8. The summed E-state index contributed by atoms with van der Waals surface area (Å²) >= 11 is 1.81. The highest BCUT2D eigenvalue weighted by Gasteiger charge is 2.14. The summed E-state index contributed by atoms with van der Waals surface area (Å²) in [6, 6.07) is 23.0. The molecule has 2 heterocycles. The van der Waals surface area contributed by atoms with Crippen LogP contribution >= 0.6 is 36.6 Å². The topological polar surface area (TPSA) is 46.5 Å². The Morgan fingerprint density at radius 3 is 2.12 bits per heavy atom. The maximum Gasteiger partial charge on any atom is 0.166 e. The highest BCUT2D eigenvalue weighted by atomic mass is 35.5. The molecule has 2 aromatic heterocycles. The Balaban J connectivity index is 0.00000181. The quantitative estimate of drug-likeness (QED) is 0.197. The number of aryl methyl sites for hydroxylation is 3. The third-order valence-corrected chi connectivity index (χ3v) is 6.11. The van der Waals surface area contributed by atoms with E-state index >= 15 is 0 Å². The van der Waals surface area contributed by atoms with Crippen molar-refractivity contribution in [2.75, 3.05) is 5.75 Å². The number of nitrogens with one attached hydrogen (secondary N) is 1. The molecule has 0 amide bonds. The van der Waals surface area contributed by atoms with E-state index in [2.05, 4.69) is 83.2 Å². The second-order valence-corrected chi connectivity index (χ2v) is 8.64. The predicted molar refractivity (Wildman–Crippen MR) is 140 cm³/mol. The third kappa shape index (κ3) is 6.64. The second-order valence-electron chi connectivity index (χ2n) is 7.56. The molecule has 0 aliphatic heterocycles. The van der Waals surface area contributed by atoms with E-state index < -0.39 is 0 Å². The molecular formula is C25H30Cl2N4S. The Morgan fingerprint density at radius 2 is 1.50 bits per heavy atom. The fourth-order valence-corrected chi connectivity index (χ4v) is 4.52. The lowest BCUT2D eigenvalue weighted by Crippen LogP contribution is -2.02. The second kappa shape index (κ2) is 12.7. The van der Waals surface area contributed by atoms with Crippen molar-refractivity contribution >= 4 is 36.6 Å². The van der Waals surface area contributed by atoms with Crippen LogP contribution in [0.3, 0.4) is 0 Å². The van der Waals surface area contributed by atoms with Crippen LogP contribution in [0.4, 0.5) is 0 Å². The molecule has 0 unspecified atom stereocenters. The number of unbranched alkanes of at least 4 members (excludes halogenated alkanes) is 2. The number of benzene rings is 2. The van der Waals surface area contributed by atoms with Gasteiger partial charge in [0, 0.05) is 29.1 Å². The van der Waals surface area contributed by atoms with Crippen LogP contribution in [0.25, 0.3) is 22.5 Å². The fraction of sp³-hybridized carbons (Fsp3) is 0.280. The Bertz CT molecular complexity index is 1020. The van der Waals surface area contributed by atoms with Gasteiger partial charge in [-0.05, 0) is 32.8 Å². The number of imidazole rings is 1. The van der Waals surface area contributed by atoms with Crippen molar-refractivity contribution in [2.45, 2.75) is 44.8 Å². The van der Waals surface area contributed by atoms with Crippen LogP contribution < -0.4 is 0 Å². The highest BCUT2D eigenvalue weighted by molar-refractivity contribution is 7.99. The van der Waals surface area contributed by atoms with E-state index in [1.54, 1.807) is 0 Å². The van der Waals surface area contributed by atoms with Gasteiger partial charge in [0.1, 0.15) is 0 Å². The molecule has 0 bridgehead atoms. The third-order valence-electron chi connectivity index (χ3n) is 5.15.